The number of nitrogens with one attached hydrogen (secondary N) is 2. The number of benzene rings is 2. The number of aromatic nitrogens is 1. The van der Waals surface area contributed by atoms with Crippen LogP contribution in [0.5, 0.6) is 5.75 Å². The Labute approximate surface area is 207 Å². The molecule has 0 fully saturated rings. The van der Waals surface area contributed by atoms with Gasteiger partial charge in [0.05, 0.1) is 7.11 Å². The Morgan fingerprint density at radius 1 is 1.17 bits per heavy atom. The second-order valence-electron chi connectivity index (χ2n) is 7.07. The van der Waals surface area contributed by atoms with Crippen molar-refractivity contribution in [2.24, 2.45) is 5.73 Å². The molecule has 1 atom stereocenters. The molecule has 4 N–H and O–H groups in total. The van der Waals surface area contributed by atoms with Gasteiger partial charge in [-0.15, -0.1) is 0 Å². The lowest BCUT2D eigenvalue weighted by molar-refractivity contribution is 0.0997. The van der Waals surface area contributed by atoms with E-state index >= 15 is 0 Å². The van der Waals surface area contributed by atoms with Crippen LogP contribution in [0.2, 0.25) is 0 Å². The molecular formula is C20H20N5O7S3-. The molecule has 15 heteroatoms. The Bertz CT molecular complexity index is 1360. The maximum Gasteiger partial charge on any atom is 0.270 e. The number of methoxy groups -OCH3 is 1. The fourth-order valence-electron chi connectivity index (χ4n) is 2.79. The first-order valence-electron chi connectivity index (χ1n) is 9.64. The van der Waals surface area contributed by atoms with Crippen molar-refractivity contribution < 1.29 is 31.5 Å². The fraction of sp³-hybridized carbons (Fsp3) is 0.150. The largest absolute Gasteiger partial charge is 0.755 e. The van der Waals surface area contributed by atoms with Crippen LogP contribution < -0.4 is 25.4 Å². The molecule has 0 aliphatic heterocycles. The molecule has 1 aromatic heterocycles. The van der Waals surface area contributed by atoms with Gasteiger partial charge in [0.25, 0.3) is 11.8 Å². The average Bonchev–Trinajstić information content (AvgIpc) is 3.19. The molecule has 186 valence electrons. The molecule has 0 saturated carbocycles. The summed E-state index contributed by atoms with van der Waals surface area (Å²) in [5.74, 6) is -1.55. The van der Waals surface area contributed by atoms with Gasteiger partial charge >= 0.3 is 0 Å². The Morgan fingerprint density at radius 2 is 1.80 bits per heavy atom. The summed E-state index contributed by atoms with van der Waals surface area (Å²) in [6.45, 7) is 0. The number of primary amides is 1. The van der Waals surface area contributed by atoms with Crippen molar-refractivity contribution in [2.45, 2.75) is 0 Å². The molecule has 2 amide bonds. The number of ether oxygens (including phenoxy) is 1. The third-order valence-electron chi connectivity index (χ3n) is 4.38. The van der Waals surface area contributed by atoms with E-state index in [9.17, 15) is 26.8 Å². The Balaban J connectivity index is 1.78. The third-order valence-corrected chi connectivity index (χ3v) is 6.85. The van der Waals surface area contributed by atoms with Gasteiger partial charge in [-0.1, -0.05) is 11.3 Å². The summed E-state index contributed by atoms with van der Waals surface area (Å²) >= 11 is -1.85. The highest BCUT2D eigenvalue weighted by molar-refractivity contribution is 7.92. The van der Waals surface area contributed by atoms with Crippen molar-refractivity contribution >= 4 is 65.8 Å². The van der Waals surface area contributed by atoms with Gasteiger partial charge in [-0.3, -0.25) is 18.1 Å². The lowest BCUT2D eigenvalue weighted by Crippen LogP contribution is -2.31. The molecule has 0 aliphatic carbocycles. The van der Waals surface area contributed by atoms with Crippen LogP contribution in [0.3, 0.4) is 0 Å². The summed E-state index contributed by atoms with van der Waals surface area (Å²) < 4.78 is 51.6. The van der Waals surface area contributed by atoms with Gasteiger partial charge in [-0.2, -0.15) is 0 Å². The Hall–Kier alpha value is -3.53. The molecule has 0 bridgehead atoms. The number of rotatable bonds is 10. The molecule has 0 spiro atoms. The van der Waals surface area contributed by atoms with Crippen molar-refractivity contribution in [3.8, 4) is 5.75 Å². The zero-order chi connectivity index (χ0) is 25.8. The minimum Gasteiger partial charge on any atom is -0.755 e. The van der Waals surface area contributed by atoms with Gasteiger partial charge < -0.3 is 25.7 Å². The predicted molar refractivity (Wildman–Crippen MR) is 132 cm³/mol. The van der Waals surface area contributed by atoms with Crippen LogP contribution >= 0.6 is 11.3 Å². The lowest BCUT2D eigenvalue weighted by Gasteiger charge is -2.25. The van der Waals surface area contributed by atoms with Crippen LogP contribution in [0.15, 0.2) is 48.5 Å². The number of hydrogen-bond acceptors (Lipinski definition) is 10. The minimum atomic E-state index is -3.63. The van der Waals surface area contributed by atoms with Crippen molar-refractivity contribution in [3.05, 3.63) is 59.8 Å². The van der Waals surface area contributed by atoms with Gasteiger partial charge in [-0.25, -0.2) is 13.4 Å². The van der Waals surface area contributed by atoms with E-state index in [2.05, 4.69) is 15.6 Å². The van der Waals surface area contributed by atoms with Crippen molar-refractivity contribution in [3.63, 3.8) is 0 Å². The predicted octanol–water partition coefficient (Wildman–Crippen LogP) is 1.85. The SMILES string of the molecule is COc1ccc(Nc2nc(C(N)=O)c(NC(=O)c3ccc(N(CS(C)(=O)=O)S(=O)[O-])cc3)s2)cc1. The van der Waals surface area contributed by atoms with Crippen LogP contribution in [-0.4, -0.2) is 53.2 Å². The van der Waals surface area contributed by atoms with E-state index < -0.39 is 38.8 Å². The van der Waals surface area contributed by atoms with E-state index in [1.165, 1.54) is 24.3 Å². The third kappa shape index (κ3) is 6.98. The van der Waals surface area contributed by atoms with E-state index in [1.54, 1.807) is 31.4 Å². The smallest absolute Gasteiger partial charge is 0.270 e. The van der Waals surface area contributed by atoms with Crippen LogP contribution in [-0.2, 0) is 21.1 Å². The number of anilines is 4. The second-order valence-corrected chi connectivity index (χ2v) is 11.0. The molecule has 1 unspecified atom stereocenters. The first-order valence-corrected chi connectivity index (χ1v) is 13.6. The molecule has 2 aromatic carbocycles. The average molecular weight is 539 g/mol. The van der Waals surface area contributed by atoms with Crippen LogP contribution in [0, 0.1) is 0 Å². The van der Waals surface area contributed by atoms with Crippen molar-refractivity contribution in [2.75, 3.05) is 34.2 Å². The monoisotopic (exact) mass is 538 g/mol. The molecule has 3 rings (SSSR count). The zero-order valence-electron chi connectivity index (χ0n) is 18.4. The number of amides is 2. The van der Waals surface area contributed by atoms with Gasteiger partial charge in [0.1, 0.15) is 16.6 Å². The molecule has 35 heavy (non-hydrogen) atoms. The number of nitrogens with two attached hydrogens (primary N) is 1. The number of thiazole rings is 1. The maximum absolute atomic E-state index is 12.7. The normalized spacial score (nSPS) is 12.0. The summed E-state index contributed by atoms with van der Waals surface area (Å²) in [6.07, 6.45) is 0.901. The van der Waals surface area contributed by atoms with Crippen molar-refractivity contribution in [1.29, 1.82) is 0 Å². The standard InChI is InChI=1S/C20H21N5O7S3/c1-32-15-9-5-13(6-10-15)22-20-23-16(17(21)26)19(33-20)24-18(27)12-3-7-14(8-4-12)25(34(28)29)11-35(2,30)31/h3-10H,11H2,1-2H3,(H2,21,26)(H,22,23)(H,24,27)(H,28,29)/p-1. The van der Waals surface area contributed by atoms with Crippen molar-refractivity contribution in [1.82, 2.24) is 4.98 Å². The summed E-state index contributed by atoms with van der Waals surface area (Å²) in [5, 5.41) is 6.00. The summed E-state index contributed by atoms with van der Waals surface area (Å²) in [6, 6.07) is 12.1. The van der Waals surface area contributed by atoms with Crippen LogP contribution in [0.1, 0.15) is 20.8 Å². The van der Waals surface area contributed by atoms with E-state index in [4.69, 9.17) is 10.5 Å². The Kier molecular flexibility index (Phi) is 8.06. The van der Waals surface area contributed by atoms with E-state index in [1.807, 2.05) is 0 Å². The fourth-order valence-corrected chi connectivity index (χ4v) is 5.47. The summed E-state index contributed by atoms with van der Waals surface area (Å²) in [7, 11) is -2.09. The summed E-state index contributed by atoms with van der Waals surface area (Å²) in [4.78, 5) is 28.7. The van der Waals surface area contributed by atoms with E-state index in [0.29, 0.717) is 20.9 Å². The molecule has 3 aromatic rings. The number of carbonyl (C=O) groups excluding carboxylic acids is 2. The molecule has 0 saturated heterocycles. The number of hydrogen-bond donors (Lipinski definition) is 3. The minimum absolute atomic E-state index is 0.0573. The second kappa shape index (κ2) is 10.8. The van der Waals surface area contributed by atoms with Gasteiger partial charge in [0, 0.05) is 34.5 Å². The first-order chi connectivity index (χ1) is 16.5. The molecule has 12 nitrogen and oxygen atoms in total. The highest BCUT2D eigenvalue weighted by atomic mass is 32.2. The molecule has 0 radical (unpaired) electrons. The highest BCUT2D eigenvalue weighted by Gasteiger charge is 2.20. The number of carbonyl (C=O) groups is 2. The van der Waals surface area contributed by atoms with Gasteiger partial charge in [-0.05, 0) is 48.5 Å². The quantitative estimate of drug-likeness (QED) is 0.324. The Morgan fingerprint density at radius 3 is 2.31 bits per heavy atom. The van der Waals surface area contributed by atoms with Crippen LogP contribution in [0.25, 0.3) is 0 Å². The number of nitrogens with zero attached hydrogens (tertiary/aromatic N) is 2. The molecule has 0 aliphatic rings. The highest BCUT2D eigenvalue weighted by Crippen LogP contribution is 2.31. The summed E-state index contributed by atoms with van der Waals surface area (Å²) in [5.41, 5.74) is 6.11. The maximum atomic E-state index is 12.7. The lowest BCUT2D eigenvalue weighted by atomic mass is 10.2. The van der Waals surface area contributed by atoms with Gasteiger partial charge in [0.15, 0.2) is 20.7 Å². The molecular weight excluding hydrogens is 518 g/mol. The zero-order valence-corrected chi connectivity index (χ0v) is 20.8. The van der Waals surface area contributed by atoms with E-state index in [-0.39, 0.29) is 21.9 Å². The molecule has 1 heterocycles. The van der Waals surface area contributed by atoms with E-state index in [0.717, 1.165) is 17.6 Å². The first kappa shape index (κ1) is 26.1. The van der Waals surface area contributed by atoms with Crippen LogP contribution in [0.4, 0.5) is 21.5 Å². The topological polar surface area (TPSA) is 184 Å². The number of sulfone groups is 1. The van der Waals surface area contributed by atoms with Gasteiger partial charge in [0.2, 0.25) is 0 Å².